The fourth-order valence-corrected chi connectivity index (χ4v) is 1.93. The summed E-state index contributed by atoms with van der Waals surface area (Å²) in [5.74, 6) is -0.809. The normalized spacial score (nSPS) is 16.6. The summed E-state index contributed by atoms with van der Waals surface area (Å²) < 4.78 is 0. The molecular formula is C15H11N3O2. The first-order valence-electron chi connectivity index (χ1n) is 6.09. The van der Waals surface area contributed by atoms with Crippen LogP contribution in [0.3, 0.4) is 0 Å². The Hall–Kier alpha value is -2.95. The first-order valence-corrected chi connectivity index (χ1v) is 6.09. The number of carbonyl (C=O) groups is 2. The molecule has 5 nitrogen and oxygen atoms in total. The van der Waals surface area contributed by atoms with E-state index in [1.54, 1.807) is 48.7 Å². The van der Waals surface area contributed by atoms with E-state index >= 15 is 0 Å². The highest BCUT2D eigenvalue weighted by Gasteiger charge is 2.34. The maximum atomic E-state index is 12.3. The second-order valence-electron chi connectivity index (χ2n) is 4.23. The molecule has 0 atom stereocenters. The lowest BCUT2D eigenvalue weighted by Crippen LogP contribution is -2.35. The van der Waals surface area contributed by atoms with Gasteiger partial charge in [0, 0.05) is 6.20 Å². The van der Waals surface area contributed by atoms with E-state index in [2.05, 4.69) is 10.4 Å². The third kappa shape index (κ3) is 2.16. The number of hydrazine groups is 1. The average Bonchev–Trinajstić information content (AvgIpc) is 2.77. The summed E-state index contributed by atoms with van der Waals surface area (Å²) in [6, 6.07) is 14.3. The van der Waals surface area contributed by atoms with Crippen molar-refractivity contribution in [2.24, 2.45) is 0 Å². The monoisotopic (exact) mass is 265 g/mol. The van der Waals surface area contributed by atoms with E-state index < -0.39 is 5.91 Å². The molecule has 5 heteroatoms. The highest BCUT2D eigenvalue weighted by Crippen LogP contribution is 2.20. The number of anilines is 1. The maximum absolute atomic E-state index is 12.3. The average molecular weight is 265 g/mol. The fourth-order valence-electron chi connectivity index (χ4n) is 1.93. The summed E-state index contributed by atoms with van der Waals surface area (Å²) in [5, 5.41) is 1.23. The topological polar surface area (TPSA) is 62.3 Å². The van der Waals surface area contributed by atoms with Gasteiger partial charge in [0.1, 0.15) is 5.57 Å². The number of aromatic nitrogens is 1. The van der Waals surface area contributed by atoms with Crippen molar-refractivity contribution in [3.05, 3.63) is 66.0 Å². The first-order chi connectivity index (χ1) is 9.75. The van der Waals surface area contributed by atoms with Crippen LogP contribution in [0.15, 0.2) is 60.3 Å². The molecule has 20 heavy (non-hydrogen) atoms. The second-order valence-corrected chi connectivity index (χ2v) is 4.23. The summed E-state index contributed by atoms with van der Waals surface area (Å²) in [6.07, 6.45) is 3.10. The molecule has 0 unspecified atom stereocenters. The van der Waals surface area contributed by atoms with Crippen molar-refractivity contribution in [3.63, 3.8) is 0 Å². The summed E-state index contributed by atoms with van der Waals surface area (Å²) >= 11 is 0. The van der Waals surface area contributed by atoms with Crippen LogP contribution in [0, 0.1) is 0 Å². The Morgan fingerprint density at radius 3 is 2.45 bits per heavy atom. The van der Waals surface area contributed by atoms with Gasteiger partial charge >= 0.3 is 0 Å². The molecular weight excluding hydrogens is 254 g/mol. The molecule has 1 N–H and O–H groups in total. The molecule has 1 aromatic heterocycles. The van der Waals surface area contributed by atoms with Gasteiger partial charge in [0.15, 0.2) is 0 Å². The Balaban J connectivity index is 1.94. The summed E-state index contributed by atoms with van der Waals surface area (Å²) in [4.78, 5) is 28.3. The van der Waals surface area contributed by atoms with Gasteiger partial charge in [0.05, 0.1) is 11.4 Å². The molecule has 2 amide bonds. The zero-order chi connectivity index (χ0) is 13.9. The number of rotatable bonds is 2. The van der Waals surface area contributed by atoms with Gasteiger partial charge < -0.3 is 0 Å². The van der Waals surface area contributed by atoms with Crippen molar-refractivity contribution >= 4 is 23.6 Å². The van der Waals surface area contributed by atoms with E-state index in [-0.39, 0.29) is 11.5 Å². The smallest absolute Gasteiger partial charge is 0.267 e. The van der Waals surface area contributed by atoms with Gasteiger partial charge in [0.25, 0.3) is 11.8 Å². The number of nitrogens with zero attached hydrogens (tertiary/aromatic N) is 2. The summed E-state index contributed by atoms with van der Waals surface area (Å²) in [6.45, 7) is 0. The molecule has 1 fully saturated rings. The lowest BCUT2D eigenvalue weighted by molar-refractivity contribution is -0.117. The van der Waals surface area contributed by atoms with E-state index in [9.17, 15) is 9.59 Å². The number of carbonyl (C=O) groups excluding carboxylic acids is 2. The number of pyridine rings is 1. The van der Waals surface area contributed by atoms with Crippen LogP contribution in [0.1, 0.15) is 5.69 Å². The molecule has 0 bridgehead atoms. The van der Waals surface area contributed by atoms with E-state index in [1.807, 2.05) is 6.07 Å². The van der Waals surface area contributed by atoms with Crippen molar-refractivity contribution in [3.8, 4) is 0 Å². The van der Waals surface area contributed by atoms with Crippen molar-refractivity contribution in [1.29, 1.82) is 0 Å². The Morgan fingerprint density at radius 2 is 1.75 bits per heavy atom. The fraction of sp³-hybridized carbons (Fsp3) is 0. The lowest BCUT2D eigenvalue weighted by Gasteiger charge is -2.13. The molecule has 1 aromatic carbocycles. The Kier molecular flexibility index (Phi) is 3.01. The van der Waals surface area contributed by atoms with E-state index in [0.717, 1.165) is 0 Å². The van der Waals surface area contributed by atoms with Crippen LogP contribution < -0.4 is 10.4 Å². The van der Waals surface area contributed by atoms with Gasteiger partial charge in [-0.3, -0.25) is 20.0 Å². The van der Waals surface area contributed by atoms with Crippen LogP contribution in [0.4, 0.5) is 5.69 Å². The molecule has 2 heterocycles. The van der Waals surface area contributed by atoms with Gasteiger partial charge in [-0.2, -0.15) is 0 Å². The number of hydrogen-bond acceptors (Lipinski definition) is 3. The second kappa shape index (κ2) is 4.97. The van der Waals surface area contributed by atoms with E-state index in [4.69, 9.17) is 0 Å². The number of hydrogen-bond donors (Lipinski definition) is 1. The molecule has 0 saturated carbocycles. The zero-order valence-corrected chi connectivity index (χ0v) is 10.5. The zero-order valence-electron chi connectivity index (χ0n) is 10.5. The summed E-state index contributed by atoms with van der Waals surface area (Å²) in [7, 11) is 0. The Bertz CT molecular complexity index is 681. The predicted octanol–water partition coefficient (Wildman–Crippen LogP) is 1.54. The molecule has 98 valence electrons. The van der Waals surface area contributed by atoms with Gasteiger partial charge in [-0.15, -0.1) is 0 Å². The van der Waals surface area contributed by atoms with Crippen molar-refractivity contribution in [2.75, 3.05) is 5.01 Å². The van der Waals surface area contributed by atoms with Gasteiger partial charge in [-0.05, 0) is 30.3 Å². The van der Waals surface area contributed by atoms with E-state index in [0.29, 0.717) is 11.4 Å². The number of benzene rings is 1. The third-order valence-corrected chi connectivity index (χ3v) is 2.89. The van der Waals surface area contributed by atoms with E-state index in [1.165, 1.54) is 11.1 Å². The first kappa shape index (κ1) is 12.1. The molecule has 1 saturated heterocycles. The summed E-state index contributed by atoms with van der Waals surface area (Å²) in [5.41, 5.74) is 3.81. The molecule has 0 spiro atoms. The van der Waals surface area contributed by atoms with Crippen LogP contribution >= 0.6 is 0 Å². The van der Waals surface area contributed by atoms with Crippen molar-refractivity contribution in [1.82, 2.24) is 10.4 Å². The highest BCUT2D eigenvalue weighted by atomic mass is 16.2. The molecule has 2 aromatic rings. The van der Waals surface area contributed by atoms with Crippen LogP contribution in [-0.4, -0.2) is 16.8 Å². The van der Waals surface area contributed by atoms with Crippen molar-refractivity contribution < 1.29 is 9.59 Å². The minimum Gasteiger partial charge on any atom is -0.267 e. The molecule has 1 aliphatic heterocycles. The van der Waals surface area contributed by atoms with Crippen LogP contribution in [-0.2, 0) is 9.59 Å². The van der Waals surface area contributed by atoms with Crippen molar-refractivity contribution in [2.45, 2.75) is 0 Å². The lowest BCUT2D eigenvalue weighted by atomic mass is 10.2. The van der Waals surface area contributed by atoms with Gasteiger partial charge in [-0.1, -0.05) is 24.3 Å². The maximum Gasteiger partial charge on any atom is 0.282 e. The molecule has 0 radical (unpaired) electrons. The Morgan fingerprint density at radius 1 is 1.00 bits per heavy atom. The largest absolute Gasteiger partial charge is 0.282 e. The highest BCUT2D eigenvalue weighted by molar-refractivity contribution is 6.31. The van der Waals surface area contributed by atoms with Gasteiger partial charge in [-0.25, -0.2) is 5.01 Å². The van der Waals surface area contributed by atoms with Crippen LogP contribution in [0.2, 0.25) is 0 Å². The van der Waals surface area contributed by atoms with Crippen LogP contribution in [0.5, 0.6) is 0 Å². The SMILES string of the molecule is O=C1NN(c2ccccc2)C(=O)C1=Cc1ccccn1. The van der Waals surface area contributed by atoms with Crippen LogP contribution in [0.25, 0.3) is 6.08 Å². The number of amides is 2. The van der Waals surface area contributed by atoms with Gasteiger partial charge in [0.2, 0.25) is 0 Å². The molecule has 1 aliphatic rings. The molecule has 3 rings (SSSR count). The number of para-hydroxylation sites is 1. The minimum atomic E-state index is -0.426. The Labute approximate surface area is 115 Å². The molecule has 0 aliphatic carbocycles. The minimum absolute atomic E-state index is 0.0764. The third-order valence-electron chi connectivity index (χ3n) is 2.89. The predicted molar refractivity (Wildman–Crippen MR) is 74.3 cm³/mol. The quantitative estimate of drug-likeness (QED) is 0.662. The standard InChI is InChI=1S/C15H11N3O2/c19-14-13(10-11-6-4-5-9-16-11)15(20)18(17-14)12-7-2-1-3-8-12/h1-10H,(H,17,19). The number of nitrogens with one attached hydrogen (secondary N) is 1.